The second kappa shape index (κ2) is 7.99. The van der Waals surface area contributed by atoms with E-state index in [-0.39, 0.29) is 11.9 Å². The molecule has 1 aromatic carbocycles. The molecule has 2 aliphatic rings. The molecule has 5 rings (SSSR count). The lowest BCUT2D eigenvalue weighted by Gasteiger charge is -2.22. The molecule has 7 nitrogen and oxygen atoms in total. The van der Waals surface area contributed by atoms with E-state index in [1.54, 1.807) is 0 Å². The molecule has 2 aliphatic heterocycles. The fourth-order valence-corrected chi connectivity index (χ4v) is 4.66. The van der Waals surface area contributed by atoms with Gasteiger partial charge in [-0.1, -0.05) is 17.3 Å². The van der Waals surface area contributed by atoms with Gasteiger partial charge in [0.2, 0.25) is 11.8 Å². The Morgan fingerprint density at radius 2 is 2.07 bits per heavy atom. The van der Waals surface area contributed by atoms with Crippen LogP contribution in [0.25, 0.3) is 10.9 Å². The number of aromatic nitrogens is 3. The molecule has 0 spiro atoms. The van der Waals surface area contributed by atoms with E-state index in [1.807, 2.05) is 11.1 Å². The fourth-order valence-electron chi connectivity index (χ4n) is 4.66. The number of hydrogen-bond donors (Lipinski definition) is 1. The summed E-state index contributed by atoms with van der Waals surface area (Å²) in [7, 11) is 0. The average Bonchev–Trinajstić information content (AvgIpc) is 3.53. The van der Waals surface area contributed by atoms with Gasteiger partial charge < -0.3 is 14.4 Å². The van der Waals surface area contributed by atoms with Gasteiger partial charge in [0, 0.05) is 49.6 Å². The highest BCUT2D eigenvalue weighted by Crippen LogP contribution is 2.33. The maximum absolute atomic E-state index is 12.2. The molecule has 2 aromatic heterocycles. The molecule has 3 aromatic rings. The fraction of sp³-hybridized carbons (Fsp3) is 0.500. The number of hydrogen-bond acceptors (Lipinski definition) is 5. The van der Waals surface area contributed by atoms with E-state index in [0.717, 1.165) is 57.7 Å². The van der Waals surface area contributed by atoms with E-state index >= 15 is 0 Å². The molecule has 7 heteroatoms. The minimum absolute atomic E-state index is 0.177. The maximum atomic E-state index is 12.2. The van der Waals surface area contributed by atoms with Gasteiger partial charge in [-0.15, -0.1) is 0 Å². The number of aromatic amines is 1. The molecule has 1 atom stereocenters. The molecule has 152 valence electrons. The van der Waals surface area contributed by atoms with E-state index < -0.39 is 0 Å². The Balaban J connectivity index is 1.24. The average molecular weight is 393 g/mol. The van der Waals surface area contributed by atoms with Gasteiger partial charge in [-0.2, -0.15) is 4.98 Å². The van der Waals surface area contributed by atoms with Crippen molar-refractivity contribution in [3.8, 4) is 0 Å². The Labute approximate surface area is 170 Å². The summed E-state index contributed by atoms with van der Waals surface area (Å²) < 4.78 is 5.48. The molecule has 1 unspecified atom stereocenters. The molecule has 4 heterocycles. The number of aryl methyl sites for hydroxylation is 1. The molecule has 2 saturated heterocycles. The lowest BCUT2D eigenvalue weighted by atomic mass is 10.1. The predicted octanol–water partition coefficient (Wildman–Crippen LogP) is 3.44. The standard InChI is InChI=1S/C22H27N5O2/c28-21(26-12-1-2-13-26)9-8-20-24-22(25-29-20)19-7-4-14-27(19)15-16-5-3-6-18-17(16)10-11-23-18/h3,5-6,10-11,19,23H,1-2,4,7-9,12-15H2. The second-order valence-corrected chi connectivity index (χ2v) is 8.12. The van der Waals surface area contributed by atoms with Gasteiger partial charge in [-0.25, -0.2) is 0 Å². The van der Waals surface area contributed by atoms with Gasteiger partial charge in [0.05, 0.1) is 6.04 Å². The highest BCUT2D eigenvalue weighted by atomic mass is 16.5. The Kier molecular flexibility index (Phi) is 5.06. The number of likely N-dealkylation sites (tertiary alicyclic amines) is 2. The lowest BCUT2D eigenvalue weighted by Crippen LogP contribution is -2.27. The van der Waals surface area contributed by atoms with E-state index in [1.165, 1.54) is 16.5 Å². The smallest absolute Gasteiger partial charge is 0.227 e. The van der Waals surface area contributed by atoms with Crippen molar-refractivity contribution < 1.29 is 9.32 Å². The van der Waals surface area contributed by atoms with E-state index in [4.69, 9.17) is 4.52 Å². The number of carbonyl (C=O) groups excluding carboxylic acids is 1. The molecule has 1 amide bonds. The molecule has 29 heavy (non-hydrogen) atoms. The third-order valence-electron chi connectivity index (χ3n) is 6.22. The number of nitrogens with one attached hydrogen (secondary N) is 1. The molecular formula is C22H27N5O2. The number of amides is 1. The highest BCUT2D eigenvalue weighted by molar-refractivity contribution is 5.82. The van der Waals surface area contributed by atoms with Crippen LogP contribution < -0.4 is 0 Å². The Bertz CT molecular complexity index is 988. The maximum Gasteiger partial charge on any atom is 0.227 e. The quantitative estimate of drug-likeness (QED) is 0.694. The molecule has 2 fully saturated rings. The summed E-state index contributed by atoms with van der Waals surface area (Å²) in [4.78, 5) is 24.5. The van der Waals surface area contributed by atoms with Gasteiger partial charge in [0.25, 0.3) is 0 Å². The van der Waals surface area contributed by atoms with Crippen LogP contribution in [0, 0.1) is 0 Å². The van der Waals surface area contributed by atoms with Gasteiger partial charge in [-0.3, -0.25) is 9.69 Å². The first kappa shape index (κ1) is 18.4. The molecule has 1 N–H and O–H groups in total. The third-order valence-corrected chi connectivity index (χ3v) is 6.22. The topological polar surface area (TPSA) is 78.3 Å². The van der Waals surface area contributed by atoms with Crippen LogP contribution >= 0.6 is 0 Å². The van der Waals surface area contributed by atoms with E-state index in [2.05, 4.69) is 44.3 Å². The van der Waals surface area contributed by atoms with Crippen LogP contribution in [0.3, 0.4) is 0 Å². The van der Waals surface area contributed by atoms with Gasteiger partial charge in [0.15, 0.2) is 5.82 Å². The van der Waals surface area contributed by atoms with Crippen molar-refractivity contribution >= 4 is 16.8 Å². The van der Waals surface area contributed by atoms with Crippen LogP contribution in [0.2, 0.25) is 0 Å². The molecule has 0 radical (unpaired) electrons. The van der Waals surface area contributed by atoms with Crippen molar-refractivity contribution in [3.63, 3.8) is 0 Å². The summed E-state index contributed by atoms with van der Waals surface area (Å²) in [6.45, 7) is 3.68. The summed E-state index contributed by atoms with van der Waals surface area (Å²) in [6, 6.07) is 8.71. The largest absolute Gasteiger partial charge is 0.361 e. The number of benzene rings is 1. The first-order chi connectivity index (χ1) is 14.3. The van der Waals surface area contributed by atoms with Crippen molar-refractivity contribution in [2.75, 3.05) is 19.6 Å². The van der Waals surface area contributed by atoms with Crippen molar-refractivity contribution in [3.05, 3.63) is 47.7 Å². The van der Waals surface area contributed by atoms with Crippen LogP contribution in [0.1, 0.15) is 55.4 Å². The minimum Gasteiger partial charge on any atom is -0.361 e. The van der Waals surface area contributed by atoms with Crippen LogP contribution in [0.15, 0.2) is 35.0 Å². The number of fused-ring (bicyclic) bond motifs is 1. The van der Waals surface area contributed by atoms with Crippen molar-refractivity contribution in [2.45, 2.75) is 51.1 Å². The Hall–Kier alpha value is -2.67. The SMILES string of the molecule is O=C(CCc1nc(C2CCCN2Cc2cccc3[nH]ccc23)no1)N1CCCC1. The zero-order chi connectivity index (χ0) is 19.6. The van der Waals surface area contributed by atoms with Crippen molar-refractivity contribution in [1.82, 2.24) is 24.9 Å². The highest BCUT2D eigenvalue weighted by Gasteiger charge is 2.30. The zero-order valence-electron chi connectivity index (χ0n) is 16.6. The third kappa shape index (κ3) is 3.79. The first-order valence-corrected chi connectivity index (χ1v) is 10.7. The molecule has 0 saturated carbocycles. The zero-order valence-corrected chi connectivity index (χ0v) is 16.6. The summed E-state index contributed by atoms with van der Waals surface area (Å²) in [5, 5.41) is 5.53. The van der Waals surface area contributed by atoms with Crippen LogP contribution in [-0.2, 0) is 17.8 Å². The monoisotopic (exact) mass is 393 g/mol. The molecular weight excluding hydrogens is 366 g/mol. The van der Waals surface area contributed by atoms with Gasteiger partial charge in [-0.05, 0) is 49.9 Å². The van der Waals surface area contributed by atoms with Crippen molar-refractivity contribution in [2.24, 2.45) is 0 Å². The van der Waals surface area contributed by atoms with Crippen LogP contribution in [0.5, 0.6) is 0 Å². The minimum atomic E-state index is 0.177. The number of H-pyrrole nitrogens is 1. The van der Waals surface area contributed by atoms with Crippen LogP contribution in [0.4, 0.5) is 0 Å². The van der Waals surface area contributed by atoms with Gasteiger partial charge >= 0.3 is 0 Å². The second-order valence-electron chi connectivity index (χ2n) is 8.12. The lowest BCUT2D eigenvalue weighted by molar-refractivity contribution is -0.130. The summed E-state index contributed by atoms with van der Waals surface area (Å²) in [5.41, 5.74) is 2.48. The molecule has 0 aliphatic carbocycles. The van der Waals surface area contributed by atoms with Gasteiger partial charge in [0.1, 0.15) is 0 Å². The number of nitrogens with zero attached hydrogens (tertiary/aromatic N) is 4. The number of carbonyl (C=O) groups is 1. The Morgan fingerprint density at radius 3 is 2.97 bits per heavy atom. The number of rotatable bonds is 6. The van der Waals surface area contributed by atoms with Crippen molar-refractivity contribution in [1.29, 1.82) is 0 Å². The Morgan fingerprint density at radius 1 is 1.17 bits per heavy atom. The predicted molar refractivity (Wildman–Crippen MR) is 109 cm³/mol. The normalized spacial score (nSPS) is 20.1. The summed E-state index contributed by atoms with van der Waals surface area (Å²) in [5.74, 6) is 1.53. The summed E-state index contributed by atoms with van der Waals surface area (Å²) in [6.07, 6.45) is 7.36. The van der Waals surface area contributed by atoms with Crippen LogP contribution in [-0.4, -0.2) is 50.5 Å². The van der Waals surface area contributed by atoms with E-state index in [9.17, 15) is 4.79 Å². The first-order valence-electron chi connectivity index (χ1n) is 10.7. The molecule has 0 bridgehead atoms. The summed E-state index contributed by atoms with van der Waals surface area (Å²) >= 11 is 0. The van der Waals surface area contributed by atoms with E-state index in [0.29, 0.717) is 18.7 Å².